The standard InChI is InChI=1S/C9H18N2O2/c1-6(2)7(10)8(12)11-4-9(3,13)5-11/h6-7,13H,4-5,10H2,1-3H3/t7-/m0/s1. The minimum Gasteiger partial charge on any atom is -0.386 e. The van der Waals surface area contributed by atoms with Gasteiger partial charge >= 0.3 is 0 Å². The Morgan fingerprint density at radius 1 is 1.54 bits per heavy atom. The van der Waals surface area contributed by atoms with Crippen molar-refractivity contribution in [2.75, 3.05) is 13.1 Å². The van der Waals surface area contributed by atoms with Crippen LogP contribution in [0.3, 0.4) is 0 Å². The summed E-state index contributed by atoms with van der Waals surface area (Å²) in [5.41, 5.74) is 4.98. The van der Waals surface area contributed by atoms with E-state index < -0.39 is 11.6 Å². The number of rotatable bonds is 2. The summed E-state index contributed by atoms with van der Waals surface area (Å²) < 4.78 is 0. The Morgan fingerprint density at radius 3 is 2.31 bits per heavy atom. The SMILES string of the molecule is CC(C)[C@H](N)C(=O)N1CC(C)(O)C1. The van der Waals surface area contributed by atoms with Crippen molar-refractivity contribution in [3.63, 3.8) is 0 Å². The summed E-state index contributed by atoms with van der Waals surface area (Å²) in [5, 5.41) is 9.42. The van der Waals surface area contributed by atoms with Crippen molar-refractivity contribution >= 4 is 5.91 Å². The molecule has 1 amide bonds. The van der Waals surface area contributed by atoms with E-state index in [1.165, 1.54) is 0 Å². The van der Waals surface area contributed by atoms with E-state index in [4.69, 9.17) is 5.73 Å². The Kier molecular flexibility index (Phi) is 2.63. The highest BCUT2D eigenvalue weighted by Gasteiger charge is 2.41. The maximum Gasteiger partial charge on any atom is 0.239 e. The highest BCUT2D eigenvalue weighted by atomic mass is 16.3. The summed E-state index contributed by atoms with van der Waals surface area (Å²) in [4.78, 5) is 13.1. The molecule has 0 aromatic carbocycles. The fourth-order valence-corrected chi connectivity index (χ4v) is 1.43. The summed E-state index contributed by atoms with van der Waals surface area (Å²) in [6.45, 7) is 6.37. The largest absolute Gasteiger partial charge is 0.386 e. The molecule has 13 heavy (non-hydrogen) atoms. The summed E-state index contributed by atoms with van der Waals surface area (Å²) in [5.74, 6) is 0.0968. The Balaban J connectivity index is 2.43. The third-order valence-electron chi connectivity index (χ3n) is 2.38. The monoisotopic (exact) mass is 186 g/mol. The maximum atomic E-state index is 11.5. The number of nitrogens with two attached hydrogens (primary N) is 1. The van der Waals surface area contributed by atoms with Crippen molar-refractivity contribution in [1.82, 2.24) is 4.90 Å². The second-order valence-corrected chi connectivity index (χ2v) is 4.46. The number of carbonyl (C=O) groups excluding carboxylic acids is 1. The predicted molar refractivity (Wildman–Crippen MR) is 50.0 cm³/mol. The molecule has 0 saturated carbocycles. The molecular formula is C9H18N2O2. The fraction of sp³-hybridized carbons (Fsp3) is 0.889. The number of carbonyl (C=O) groups is 1. The van der Waals surface area contributed by atoms with E-state index in [1.54, 1.807) is 11.8 Å². The van der Waals surface area contributed by atoms with Crippen LogP contribution in [-0.4, -0.2) is 40.6 Å². The second-order valence-electron chi connectivity index (χ2n) is 4.46. The van der Waals surface area contributed by atoms with Gasteiger partial charge < -0.3 is 15.7 Å². The Morgan fingerprint density at radius 2 is 2.00 bits per heavy atom. The molecular weight excluding hydrogens is 168 g/mol. The summed E-state index contributed by atoms with van der Waals surface area (Å²) >= 11 is 0. The van der Waals surface area contributed by atoms with Crippen LogP contribution in [0.1, 0.15) is 20.8 Å². The van der Waals surface area contributed by atoms with E-state index in [0.29, 0.717) is 13.1 Å². The number of likely N-dealkylation sites (tertiary alicyclic amines) is 1. The summed E-state index contributed by atoms with van der Waals surface area (Å²) in [6.07, 6.45) is 0. The summed E-state index contributed by atoms with van der Waals surface area (Å²) in [6, 6.07) is -0.434. The van der Waals surface area contributed by atoms with Crippen molar-refractivity contribution < 1.29 is 9.90 Å². The zero-order valence-electron chi connectivity index (χ0n) is 8.45. The Hall–Kier alpha value is -0.610. The lowest BCUT2D eigenvalue weighted by Crippen LogP contribution is -2.65. The molecule has 1 aliphatic heterocycles. The first-order chi connectivity index (χ1) is 5.83. The number of amides is 1. The van der Waals surface area contributed by atoms with Crippen LogP contribution in [0.25, 0.3) is 0 Å². The zero-order valence-corrected chi connectivity index (χ0v) is 8.45. The third kappa shape index (κ3) is 2.19. The zero-order chi connectivity index (χ0) is 10.2. The quantitative estimate of drug-likeness (QED) is 0.614. The van der Waals surface area contributed by atoms with Crippen molar-refractivity contribution in [3.8, 4) is 0 Å². The van der Waals surface area contributed by atoms with Gasteiger partial charge in [-0.25, -0.2) is 0 Å². The lowest BCUT2D eigenvalue weighted by molar-refractivity contribution is -0.154. The van der Waals surface area contributed by atoms with Gasteiger partial charge in [-0.2, -0.15) is 0 Å². The highest BCUT2D eigenvalue weighted by Crippen LogP contribution is 2.21. The van der Waals surface area contributed by atoms with Gasteiger partial charge in [0.25, 0.3) is 0 Å². The number of nitrogens with zero attached hydrogens (tertiary/aromatic N) is 1. The number of hydrogen-bond acceptors (Lipinski definition) is 3. The first-order valence-corrected chi connectivity index (χ1v) is 4.60. The molecule has 1 fully saturated rings. The molecule has 0 aliphatic carbocycles. The van der Waals surface area contributed by atoms with Crippen LogP contribution in [0.4, 0.5) is 0 Å². The Labute approximate surface area is 78.7 Å². The highest BCUT2D eigenvalue weighted by molar-refractivity contribution is 5.82. The molecule has 0 bridgehead atoms. The molecule has 1 atom stereocenters. The van der Waals surface area contributed by atoms with Crippen LogP contribution >= 0.6 is 0 Å². The lowest BCUT2D eigenvalue weighted by Gasteiger charge is -2.45. The van der Waals surface area contributed by atoms with E-state index in [1.807, 2.05) is 13.8 Å². The van der Waals surface area contributed by atoms with Crippen LogP contribution in [0.15, 0.2) is 0 Å². The molecule has 1 aliphatic rings. The molecule has 0 spiro atoms. The predicted octanol–water partition coefficient (Wildman–Crippen LogP) is -0.437. The molecule has 1 rings (SSSR count). The van der Waals surface area contributed by atoms with E-state index >= 15 is 0 Å². The van der Waals surface area contributed by atoms with Gasteiger partial charge in [0.05, 0.1) is 24.7 Å². The number of aliphatic hydroxyl groups is 1. The average Bonchev–Trinajstić information content (AvgIpc) is 1.97. The van der Waals surface area contributed by atoms with Crippen LogP contribution in [0, 0.1) is 5.92 Å². The molecule has 1 heterocycles. The van der Waals surface area contributed by atoms with Crippen LogP contribution in [0.5, 0.6) is 0 Å². The number of β-amino-alcohol motifs (C(OH)–C–C–N with tert-alkyl or cyclic N) is 1. The average molecular weight is 186 g/mol. The maximum absolute atomic E-state index is 11.5. The Bertz CT molecular complexity index is 206. The molecule has 1 saturated heterocycles. The van der Waals surface area contributed by atoms with Gasteiger partial charge in [0.2, 0.25) is 5.91 Å². The molecule has 0 unspecified atom stereocenters. The minimum absolute atomic E-state index is 0.0541. The van der Waals surface area contributed by atoms with Gasteiger partial charge in [0.15, 0.2) is 0 Å². The number of hydrogen-bond donors (Lipinski definition) is 2. The van der Waals surface area contributed by atoms with Gasteiger partial charge in [-0.05, 0) is 12.8 Å². The smallest absolute Gasteiger partial charge is 0.239 e. The normalized spacial score (nSPS) is 22.8. The minimum atomic E-state index is -0.702. The van der Waals surface area contributed by atoms with Gasteiger partial charge in [-0.3, -0.25) is 4.79 Å². The van der Waals surface area contributed by atoms with Crippen molar-refractivity contribution in [1.29, 1.82) is 0 Å². The van der Waals surface area contributed by atoms with Crippen LogP contribution in [-0.2, 0) is 4.79 Å². The summed E-state index contributed by atoms with van der Waals surface area (Å²) in [7, 11) is 0. The van der Waals surface area contributed by atoms with Gasteiger partial charge in [0, 0.05) is 0 Å². The first-order valence-electron chi connectivity index (χ1n) is 4.60. The topological polar surface area (TPSA) is 66.6 Å². The van der Waals surface area contributed by atoms with E-state index in [2.05, 4.69) is 0 Å². The third-order valence-corrected chi connectivity index (χ3v) is 2.38. The van der Waals surface area contributed by atoms with Crippen LogP contribution in [0.2, 0.25) is 0 Å². The van der Waals surface area contributed by atoms with E-state index in [9.17, 15) is 9.90 Å². The van der Waals surface area contributed by atoms with Gasteiger partial charge in [0.1, 0.15) is 0 Å². The van der Waals surface area contributed by atoms with E-state index in [-0.39, 0.29) is 11.8 Å². The molecule has 0 aromatic rings. The van der Waals surface area contributed by atoms with Crippen molar-refractivity contribution in [3.05, 3.63) is 0 Å². The first kappa shape index (κ1) is 10.5. The van der Waals surface area contributed by atoms with Crippen molar-refractivity contribution in [2.45, 2.75) is 32.4 Å². The van der Waals surface area contributed by atoms with Gasteiger partial charge in [-0.1, -0.05) is 13.8 Å². The molecule has 4 heteroatoms. The fourth-order valence-electron chi connectivity index (χ4n) is 1.43. The lowest BCUT2D eigenvalue weighted by atomic mass is 9.94. The second kappa shape index (κ2) is 3.27. The van der Waals surface area contributed by atoms with Crippen molar-refractivity contribution in [2.24, 2.45) is 11.7 Å². The molecule has 3 N–H and O–H groups in total. The van der Waals surface area contributed by atoms with Crippen LogP contribution < -0.4 is 5.73 Å². The molecule has 76 valence electrons. The molecule has 0 radical (unpaired) electrons. The van der Waals surface area contributed by atoms with Gasteiger partial charge in [-0.15, -0.1) is 0 Å². The molecule has 0 aromatic heterocycles. The van der Waals surface area contributed by atoms with E-state index in [0.717, 1.165) is 0 Å². The molecule has 4 nitrogen and oxygen atoms in total.